The standard InChI is InChI=1S/C16H21ClN2O2/c1-12-11-18(2)8-3-9-19(12)14-6-4-13(15(17)10-14)5-7-16(20)21/h4-7,10,12H,3,8-9,11H2,1-2H3,(H,20,21)/b7-5+. The molecule has 5 heteroatoms. The number of likely N-dealkylation sites (N-methyl/N-ethyl adjacent to an activating group) is 1. The average Bonchev–Trinajstić information content (AvgIpc) is 2.57. The molecular formula is C16H21ClN2O2. The minimum Gasteiger partial charge on any atom is -0.478 e. The summed E-state index contributed by atoms with van der Waals surface area (Å²) >= 11 is 6.27. The van der Waals surface area contributed by atoms with Gasteiger partial charge < -0.3 is 14.9 Å². The normalized spacial score (nSPS) is 20.7. The molecule has 2 rings (SSSR count). The zero-order chi connectivity index (χ0) is 15.4. The fourth-order valence-electron chi connectivity index (χ4n) is 2.75. The molecule has 1 atom stereocenters. The number of aliphatic carboxylic acids is 1. The van der Waals surface area contributed by atoms with Gasteiger partial charge in [0, 0.05) is 35.9 Å². The largest absolute Gasteiger partial charge is 0.478 e. The quantitative estimate of drug-likeness (QED) is 0.872. The number of carbonyl (C=O) groups is 1. The van der Waals surface area contributed by atoms with Crippen molar-refractivity contribution in [2.75, 3.05) is 31.6 Å². The molecule has 4 nitrogen and oxygen atoms in total. The van der Waals surface area contributed by atoms with E-state index in [1.54, 1.807) is 0 Å². The molecule has 0 saturated carbocycles. The van der Waals surface area contributed by atoms with Crippen LogP contribution in [0.3, 0.4) is 0 Å². The third-order valence-corrected chi connectivity index (χ3v) is 4.10. The van der Waals surface area contributed by atoms with Crippen molar-refractivity contribution in [1.29, 1.82) is 0 Å². The first kappa shape index (κ1) is 15.9. The van der Waals surface area contributed by atoms with Gasteiger partial charge in [-0.15, -0.1) is 0 Å². The second-order valence-electron chi connectivity index (χ2n) is 5.54. The Labute approximate surface area is 130 Å². The van der Waals surface area contributed by atoms with Gasteiger partial charge in [0.15, 0.2) is 0 Å². The van der Waals surface area contributed by atoms with Crippen molar-refractivity contribution >= 4 is 29.3 Å². The molecule has 1 N–H and O–H groups in total. The summed E-state index contributed by atoms with van der Waals surface area (Å²) in [6, 6.07) is 6.23. The number of rotatable bonds is 3. The number of nitrogens with zero attached hydrogens (tertiary/aromatic N) is 2. The van der Waals surface area contributed by atoms with E-state index in [0.29, 0.717) is 11.1 Å². The first-order valence-corrected chi connectivity index (χ1v) is 7.51. The summed E-state index contributed by atoms with van der Waals surface area (Å²) in [5.41, 5.74) is 1.82. The summed E-state index contributed by atoms with van der Waals surface area (Å²) in [6.45, 7) is 5.35. The Morgan fingerprint density at radius 1 is 1.43 bits per heavy atom. The molecule has 1 unspecified atom stereocenters. The zero-order valence-corrected chi connectivity index (χ0v) is 13.2. The Hall–Kier alpha value is -1.52. The van der Waals surface area contributed by atoms with Crippen LogP contribution in [-0.4, -0.2) is 48.7 Å². The minimum atomic E-state index is -0.973. The van der Waals surface area contributed by atoms with Gasteiger partial charge in [0.1, 0.15) is 0 Å². The molecule has 1 aromatic carbocycles. The lowest BCUT2D eigenvalue weighted by molar-refractivity contribution is -0.131. The average molecular weight is 309 g/mol. The molecule has 1 heterocycles. The Morgan fingerprint density at radius 2 is 2.19 bits per heavy atom. The molecule has 1 aliphatic heterocycles. The van der Waals surface area contributed by atoms with Gasteiger partial charge in [0.25, 0.3) is 0 Å². The lowest BCUT2D eigenvalue weighted by Gasteiger charge is -2.30. The minimum absolute atomic E-state index is 0.425. The van der Waals surface area contributed by atoms with Crippen LogP contribution in [0.5, 0.6) is 0 Å². The molecule has 1 saturated heterocycles. The fourth-order valence-corrected chi connectivity index (χ4v) is 2.98. The van der Waals surface area contributed by atoms with Crippen LogP contribution in [-0.2, 0) is 4.79 Å². The first-order chi connectivity index (χ1) is 9.97. The van der Waals surface area contributed by atoms with E-state index >= 15 is 0 Å². The molecule has 0 amide bonds. The molecule has 1 fully saturated rings. The summed E-state index contributed by atoms with van der Waals surface area (Å²) in [7, 11) is 2.15. The molecule has 0 spiro atoms. The highest BCUT2D eigenvalue weighted by molar-refractivity contribution is 6.32. The number of hydrogen-bond acceptors (Lipinski definition) is 3. The number of halogens is 1. The van der Waals surface area contributed by atoms with Crippen molar-refractivity contribution < 1.29 is 9.90 Å². The fraction of sp³-hybridized carbons (Fsp3) is 0.438. The summed E-state index contributed by atoms with van der Waals surface area (Å²) < 4.78 is 0. The Bertz CT molecular complexity index is 545. The van der Waals surface area contributed by atoms with Crippen molar-refractivity contribution in [3.63, 3.8) is 0 Å². The molecule has 0 radical (unpaired) electrons. The van der Waals surface area contributed by atoms with Crippen molar-refractivity contribution in [3.05, 3.63) is 34.9 Å². The summed E-state index contributed by atoms with van der Waals surface area (Å²) in [5, 5.41) is 9.25. The Morgan fingerprint density at radius 3 is 2.86 bits per heavy atom. The third kappa shape index (κ3) is 4.22. The van der Waals surface area contributed by atoms with Crippen LogP contribution in [0.25, 0.3) is 6.08 Å². The predicted molar refractivity (Wildman–Crippen MR) is 87.0 cm³/mol. The number of carboxylic acids is 1. The highest BCUT2D eigenvalue weighted by Crippen LogP contribution is 2.27. The van der Waals surface area contributed by atoms with Crippen LogP contribution >= 0.6 is 11.6 Å². The van der Waals surface area contributed by atoms with Crippen molar-refractivity contribution in [1.82, 2.24) is 4.90 Å². The molecule has 0 aliphatic carbocycles. The van der Waals surface area contributed by atoms with Crippen molar-refractivity contribution in [3.8, 4) is 0 Å². The van der Waals surface area contributed by atoms with E-state index in [9.17, 15) is 4.79 Å². The van der Waals surface area contributed by atoms with Gasteiger partial charge in [-0.2, -0.15) is 0 Å². The van der Waals surface area contributed by atoms with Gasteiger partial charge in [0.2, 0.25) is 0 Å². The van der Waals surface area contributed by atoms with Crippen LogP contribution in [0.4, 0.5) is 5.69 Å². The van der Waals surface area contributed by atoms with E-state index in [1.807, 2.05) is 18.2 Å². The maximum Gasteiger partial charge on any atom is 0.328 e. The first-order valence-electron chi connectivity index (χ1n) is 7.13. The van der Waals surface area contributed by atoms with Crippen LogP contribution in [0, 0.1) is 0 Å². The monoisotopic (exact) mass is 308 g/mol. The molecule has 21 heavy (non-hydrogen) atoms. The van der Waals surface area contributed by atoms with E-state index in [2.05, 4.69) is 23.8 Å². The predicted octanol–water partition coefficient (Wildman–Crippen LogP) is 2.97. The van der Waals surface area contributed by atoms with E-state index in [0.717, 1.165) is 43.4 Å². The molecular weight excluding hydrogens is 288 g/mol. The van der Waals surface area contributed by atoms with Gasteiger partial charge in [0.05, 0.1) is 0 Å². The molecule has 0 aromatic heterocycles. The SMILES string of the molecule is CC1CN(C)CCCN1c1ccc(/C=C/C(=O)O)c(Cl)c1. The van der Waals surface area contributed by atoms with Crippen molar-refractivity contribution in [2.45, 2.75) is 19.4 Å². The van der Waals surface area contributed by atoms with Crippen LogP contribution in [0.1, 0.15) is 18.9 Å². The van der Waals surface area contributed by atoms with Crippen LogP contribution < -0.4 is 4.90 Å². The Balaban J connectivity index is 2.20. The van der Waals surface area contributed by atoms with Gasteiger partial charge in [-0.3, -0.25) is 0 Å². The number of carboxylic acid groups (broad SMARTS) is 1. The van der Waals surface area contributed by atoms with Gasteiger partial charge in [-0.1, -0.05) is 17.7 Å². The van der Waals surface area contributed by atoms with Crippen LogP contribution in [0.2, 0.25) is 5.02 Å². The maximum absolute atomic E-state index is 10.6. The van der Waals surface area contributed by atoms with Gasteiger partial charge in [-0.25, -0.2) is 4.79 Å². The smallest absolute Gasteiger partial charge is 0.328 e. The Kier molecular flexibility index (Phi) is 5.26. The second-order valence-corrected chi connectivity index (χ2v) is 5.94. The highest BCUT2D eigenvalue weighted by atomic mass is 35.5. The van der Waals surface area contributed by atoms with Gasteiger partial charge >= 0.3 is 5.97 Å². The zero-order valence-electron chi connectivity index (χ0n) is 12.4. The van der Waals surface area contributed by atoms with E-state index < -0.39 is 5.97 Å². The highest BCUT2D eigenvalue weighted by Gasteiger charge is 2.20. The molecule has 114 valence electrons. The number of anilines is 1. The van der Waals surface area contributed by atoms with E-state index in [-0.39, 0.29) is 0 Å². The maximum atomic E-state index is 10.6. The van der Waals surface area contributed by atoms with Crippen molar-refractivity contribution in [2.24, 2.45) is 0 Å². The molecule has 1 aromatic rings. The molecule has 1 aliphatic rings. The number of benzene rings is 1. The lowest BCUT2D eigenvalue weighted by atomic mass is 10.1. The topological polar surface area (TPSA) is 43.8 Å². The van der Waals surface area contributed by atoms with Gasteiger partial charge in [-0.05, 0) is 50.7 Å². The summed E-state index contributed by atoms with van der Waals surface area (Å²) in [6.07, 6.45) is 3.75. The lowest BCUT2D eigenvalue weighted by Crippen LogP contribution is -2.37. The second kappa shape index (κ2) is 6.96. The summed E-state index contributed by atoms with van der Waals surface area (Å²) in [4.78, 5) is 15.3. The summed E-state index contributed by atoms with van der Waals surface area (Å²) in [5.74, 6) is -0.973. The molecule has 0 bridgehead atoms. The number of hydrogen-bond donors (Lipinski definition) is 1. The van der Waals surface area contributed by atoms with E-state index in [1.165, 1.54) is 6.08 Å². The van der Waals surface area contributed by atoms with E-state index in [4.69, 9.17) is 16.7 Å². The van der Waals surface area contributed by atoms with Crippen LogP contribution in [0.15, 0.2) is 24.3 Å². The third-order valence-electron chi connectivity index (χ3n) is 3.77.